The van der Waals surface area contributed by atoms with Crippen LogP contribution in [0.4, 0.5) is 31.1 Å². The predicted molar refractivity (Wildman–Crippen MR) is 138 cm³/mol. The van der Waals surface area contributed by atoms with E-state index >= 15 is 8.78 Å². The lowest BCUT2D eigenvalue weighted by Gasteiger charge is -2.32. The highest BCUT2D eigenvalue weighted by Crippen LogP contribution is 2.50. The Balaban J connectivity index is 1.43. The van der Waals surface area contributed by atoms with Gasteiger partial charge in [0.05, 0.1) is 19.3 Å². The van der Waals surface area contributed by atoms with Gasteiger partial charge >= 0.3 is 12.2 Å². The van der Waals surface area contributed by atoms with Crippen molar-refractivity contribution in [2.24, 2.45) is 0 Å². The standard InChI is InChI=1S/C28H25F6N5O4/c1-15(28(32,33)34)38(12-16-2-4-18(29)5-3-16)24(41)14-39-25(42)27(36-26(39)43)10-23(31)20-8-19(22(30)9-21(20)27)17-11-35-37(13-17)6-7-40/h2-5,8-9,11,13,15,23,40H,6-7,10,12,14H2,1H3,(H,36,43)/t15-,23?,27?/m0/s1. The summed E-state index contributed by atoms with van der Waals surface area (Å²) in [5.74, 6) is -3.86. The second kappa shape index (κ2) is 11.0. The number of benzene rings is 2. The van der Waals surface area contributed by atoms with E-state index in [0.717, 1.165) is 25.1 Å². The minimum absolute atomic E-state index is 0.0379. The monoisotopic (exact) mass is 609 g/mol. The molecule has 2 heterocycles. The van der Waals surface area contributed by atoms with Crippen molar-refractivity contribution in [1.82, 2.24) is 24.9 Å². The lowest BCUT2D eigenvalue weighted by Crippen LogP contribution is -2.51. The second-order valence-corrected chi connectivity index (χ2v) is 10.4. The number of rotatable bonds is 8. The summed E-state index contributed by atoms with van der Waals surface area (Å²) in [5, 5.41) is 15.4. The largest absolute Gasteiger partial charge is 0.408 e. The number of hydrogen-bond acceptors (Lipinski definition) is 5. The molecule has 2 aliphatic rings. The molecule has 3 aromatic rings. The molecule has 0 radical (unpaired) electrons. The summed E-state index contributed by atoms with van der Waals surface area (Å²) in [4.78, 5) is 40.5. The van der Waals surface area contributed by atoms with Crippen molar-refractivity contribution < 1.29 is 45.8 Å². The fourth-order valence-electron chi connectivity index (χ4n) is 5.38. The van der Waals surface area contributed by atoms with Crippen LogP contribution in [0.25, 0.3) is 11.1 Å². The van der Waals surface area contributed by atoms with Gasteiger partial charge in [0.2, 0.25) is 5.91 Å². The van der Waals surface area contributed by atoms with E-state index < -0.39 is 72.9 Å². The second-order valence-electron chi connectivity index (χ2n) is 10.4. The van der Waals surface area contributed by atoms with Crippen molar-refractivity contribution in [1.29, 1.82) is 0 Å². The smallest absolute Gasteiger partial charge is 0.394 e. The number of carbonyl (C=O) groups is 3. The van der Waals surface area contributed by atoms with Gasteiger partial charge in [-0.2, -0.15) is 18.3 Å². The molecule has 43 heavy (non-hydrogen) atoms. The lowest BCUT2D eigenvalue weighted by molar-refractivity contribution is -0.187. The van der Waals surface area contributed by atoms with Crippen LogP contribution < -0.4 is 5.32 Å². The average Bonchev–Trinajstić information content (AvgIpc) is 3.58. The number of nitrogens with zero attached hydrogens (tertiary/aromatic N) is 4. The van der Waals surface area contributed by atoms with Gasteiger partial charge in [-0.1, -0.05) is 12.1 Å². The Kier molecular flexibility index (Phi) is 7.71. The topological polar surface area (TPSA) is 108 Å². The molecule has 5 rings (SSSR count). The normalized spacial score (nSPS) is 20.5. The number of amides is 4. The third-order valence-electron chi connectivity index (χ3n) is 7.69. The number of aliphatic hydroxyl groups is 1. The molecule has 2 aromatic carbocycles. The molecule has 1 fully saturated rings. The lowest BCUT2D eigenvalue weighted by atomic mass is 9.90. The maximum absolute atomic E-state index is 15.4. The first-order valence-electron chi connectivity index (χ1n) is 13.1. The van der Waals surface area contributed by atoms with Crippen molar-refractivity contribution in [3.05, 3.63) is 77.1 Å². The first-order chi connectivity index (χ1) is 20.2. The van der Waals surface area contributed by atoms with Crippen molar-refractivity contribution in [3.8, 4) is 11.1 Å². The van der Waals surface area contributed by atoms with Gasteiger partial charge in [0.15, 0.2) is 0 Å². The van der Waals surface area contributed by atoms with Crippen LogP contribution >= 0.6 is 0 Å². The zero-order chi connectivity index (χ0) is 31.3. The summed E-state index contributed by atoms with van der Waals surface area (Å²) >= 11 is 0. The van der Waals surface area contributed by atoms with E-state index in [1.165, 1.54) is 35.3 Å². The minimum atomic E-state index is -4.87. The highest BCUT2D eigenvalue weighted by atomic mass is 19.4. The highest BCUT2D eigenvalue weighted by molar-refractivity contribution is 6.10. The van der Waals surface area contributed by atoms with Crippen LogP contribution in [-0.2, 0) is 28.2 Å². The Morgan fingerprint density at radius 1 is 1.21 bits per heavy atom. The van der Waals surface area contributed by atoms with Crippen molar-refractivity contribution in [2.75, 3.05) is 13.2 Å². The number of halogens is 6. The van der Waals surface area contributed by atoms with Gasteiger partial charge in [-0.15, -0.1) is 0 Å². The molecule has 228 valence electrons. The Bertz CT molecular complexity index is 1580. The van der Waals surface area contributed by atoms with Crippen molar-refractivity contribution >= 4 is 17.8 Å². The molecule has 2 N–H and O–H groups in total. The molecule has 9 nitrogen and oxygen atoms in total. The molecule has 4 amide bonds. The quantitative estimate of drug-likeness (QED) is 0.297. The van der Waals surface area contributed by atoms with Gasteiger partial charge in [-0.25, -0.2) is 18.0 Å². The summed E-state index contributed by atoms with van der Waals surface area (Å²) in [6, 6.07) is 3.00. The zero-order valence-corrected chi connectivity index (χ0v) is 22.5. The predicted octanol–water partition coefficient (Wildman–Crippen LogP) is 3.96. The fraction of sp³-hybridized carbons (Fsp3) is 0.357. The Morgan fingerprint density at radius 2 is 1.91 bits per heavy atom. The van der Waals surface area contributed by atoms with Gasteiger partial charge in [-0.05, 0) is 47.9 Å². The third-order valence-corrected chi connectivity index (χ3v) is 7.69. The molecule has 3 atom stereocenters. The molecule has 1 aromatic heterocycles. The molecule has 0 bridgehead atoms. The molecule has 15 heteroatoms. The van der Waals surface area contributed by atoms with Crippen molar-refractivity contribution in [3.63, 3.8) is 0 Å². The first kappa shape index (κ1) is 30.1. The first-order valence-corrected chi connectivity index (χ1v) is 13.1. The van der Waals surface area contributed by atoms with Gasteiger partial charge in [-0.3, -0.25) is 19.2 Å². The summed E-state index contributed by atoms with van der Waals surface area (Å²) in [7, 11) is 0. The number of imide groups is 1. The number of fused-ring (bicyclic) bond motifs is 2. The average molecular weight is 610 g/mol. The zero-order valence-electron chi connectivity index (χ0n) is 22.5. The van der Waals surface area contributed by atoms with E-state index in [1.807, 2.05) is 0 Å². The Hall–Kier alpha value is -4.40. The van der Waals surface area contributed by atoms with Gasteiger partial charge in [0, 0.05) is 30.3 Å². The number of carbonyl (C=O) groups excluding carboxylic acids is 3. The summed E-state index contributed by atoms with van der Waals surface area (Å²) < 4.78 is 86.4. The van der Waals surface area contributed by atoms with Gasteiger partial charge in [0.25, 0.3) is 5.91 Å². The van der Waals surface area contributed by atoms with E-state index in [4.69, 9.17) is 5.11 Å². The molecular weight excluding hydrogens is 584 g/mol. The van der Waals surface area contributed by atoms with Crippen LogP contribution in [0.15, 0.2) is 48.8 Å². The van der Waals surface area contributed by atoms with Crippen LogP contribution in [0.5, 0.6) is 0 Å². The molecular formula is C28H25F6N5O4. The van der Waals surface area contributed by atoms with Crippen LogP contribution in [0.2, 0.25) is 0 Å². The fourth-order valence-corrected chi connectivity index (χ4v) is 5.38. The van der Waals surface area contributed by atoms with E-state index in [-0.39, 0.29) is 41.0 Å². The van der Waals surface area contributed by atoms with E-state index in [0.29, 0.717) is 9.80 Å². The molecule has 1 saturated heterocycles. The molecule has 1 aliphatic carbocycles. The van der Waals surface area contributed by atoms with Crippen LogP contribution in [0.1, 0.15) is 36.2 Å². The van der Waals surface area contributed by atoms with Gasteiger partial charge < -0.3 is 15.3 Å². The maximum atomic E-state index is 15.4. The molecule has 0 saturated carbocycles. The SMILES string of the molecule is C[C@H](N(Cc1ccc(F)cc1)C(=O)CN1C(=O)NC2(CC(F)c3cc(-c4cnn(CCO)c4)c(F)cc32)C1=O)C(F)(F)F. The third kappa shape index (κ3) is 5.44. The number of aliphatic hydroxyl groups excluding tert-OH is 1. The van der Waals surface area contributed by atoms with Crippen LogP contribution in [0, 0.1) is 11.6 Å². The number of nitrogens with one attached hydrogen (secondary N) is 1. The number of alkyl halides is 4. The maximum Gasteiger partial charge on any atom is 0.408 e. The minimum Gasteiger partial charge on any atom is -0.394 e. The summed E-state index contributed by atoms with van der Waals surface area (Å²) in [6.07, 6.45) is -4.57. The van der Waals surface area contributed by atoms with E-state index in [1.54, 1.807) is 0 Å². The molecule has 1 aliphatic heterocycles. The highest BCUT2D eigenvalue weighted by Gasteiger charge is 2.59. The van der Waals surface area contributed by atoms with Crippen LogP contribution in [0.3, 0.4) is 0 Å². The van der Waals surface area contributed by atoms with Gasteiger partial charge in [0.1, 0.15) is 35.9 Å². The number of urea groups is 1. The number of hydrogen-bond donors (Lipinski definition) is 2. The number of aromatic nitrogens is 2. The Morgan fingerprint density at radius 3 is 2.56 bits per heavy atom. The van der Waals surface area contributed by atoms with E-state index in [2.05, 4.69) is 10.4 Å². The summed E-state index contributed by atoms with van der Waals surface area (Å²) in [5.41, 5.74) is -1.94. The molecule has 1 spiro atoms. The Labute approximate surface area is 240 Å². The van der Waals surface area contributed by atoms with E-state index in [9.17, 15) is 31.9 Å². The van der Waals surface area contributed by atoms with Crippen LogP contribution in [-0.4, -0.2) is 67.9 Å². The molecule has 2 unspecified atom stereocenters. The summed E-state index contributed by atoms with van der Waals surface area (Å²) in [6.45, 7) is -1.07. The van der Waals surface area contributed by atoms with Crippen molar-refractivity contribution in [2.45, 2.75) is 50.4 Å².